The normalized spacial score (nSPS) is 10.7. The number of primary amides is 1. The molecule has 2 aromatic heterocycles. The molecular formula is C20H16N4O2S2. The van der Waals surface area contributed by atoms with Crippen molar-refractivity contribution in [2.75, 3.05) is 10.6 Å². The molecule has 0 saturated carbocycles. The van der Waals surface area contributed by atoms with E-state index in [1.165, 1.54) is 22.7 Å². The Bertz CT molecular complexity index is 1150. The second-order valence-electron chi connectivity index (χ2n) is 6.05. The third kappa shape index (κ3) is 4.03. The molecule has 0 fully saturated rings. The van der Waals surface area contributed by atoms with E-state index in [1.54, 1.807) is 0 Å². The number of thiophene rings is 1. The summed E-state index contributed by atoms with van der Waals surface area (Å²) in [6.07, 6.45) is 0.237. The van der Waals surface area contributed by atoms with Gasteiger partial charge in [-0.15, -0.1) is 11.3 Å². The summed E-state index contributed by atoms with van der Waals surface area (Å²) in [4.78, 5) is 29.2. The van der Waals surface area contributed by atoms with Gasteiger partial charge in [0.15, 0.2) is 10.8 Å². The van der Waals surface area contributed by atoms with Gasteiger partial charge in [-0.05, 0) is 34.4 Å². The van der Waals surface area contributed by atoms with Crippen molar-refractivity contribution >= 4 is 61.1 Å². The average Bonchev–Trinajstić information content (AvgIpc) is 3.31. The largest absolute Gasteiger partial charge is 0.364 e. The Labute approximate surface area is 169 Å². The molecule has 2 heterocycles. The number of fused-ring (bicyclic) bond motifs is 1. The van der Waals surface area contributed by atoms with E-state index in [0.29, 0.717) is 10.1 Å². The summed E-state index contributed by atoms with van der Waals surface area (Å²) in [5.41, 5.74) is 6.32. The number of amides is 2. The minimum Gasteiger partial charge on any atom is -0.364 e. The van der Waals surface area contributed by atoms with Gasteiger partial charge in [-0.1, -0.05) is 47.7 Å². The Balaban J connectivity index is 1.55. The van der Waals surface area contributed by atoms with Gasteiger partial charge in [0.1, 0.15) is 5.00 Å². The molecule has 0 aliphatic carbocycles. The van der Waals surface area contributed by atoms with Gasteiger partial charge in [0.2, 0.25) is 5.91 Å². The van der Waals surface area contributed by atoms with Crippen LogP contribution >= 0.6 is 22.7 Å². The first-order valence-corrected chi connectivity index (χ1v) is 10.2. The van der Waals surface area contributed by atoms with Gasteiger partial charge in [0.05, 0.1) is 6.42 Å². The number of rotatable bonds is 6. The number of nitrogens with one attached hydrogen (secondary N) is 2. The smallest absolute Gasteiger partial charge is 0.270 e. The summed E-state index contributed by atoms with van der Waals surface area (Å²) in [5, 5.41) is 10.9. The van der Waals surface area contributed by atoms with Crippen LogP contribution in [0.15, 0.2) is 60.0 Å². The molecule has 0 aliphatic heterocycles. The number of carbonyl (C=O) groups excluding carboxylic acids is 2. The van der Waals surface area contributed by atoms with E-state index in [4.69, 9.17) is 5.73 Å². The highest BCUT2D eigenvalue weighted by Gasteiger charge is 2.18. The lowest BCUT2D eigenvalue weighted by molar-refractivity contribution is -0.115. The number of nitrogens with zero attached hydrogens (tertiary/aromatic N) is 1. The summed E-state index contributed by atoms with van der Waals surface area (Å²) in [7, 11) is 0. The standard InChI is InChI=1S/C20H16N4O2S2/c21-18(26)17-19(23-16(25)11-15-6-3-9-27-15)28-20(24-17)22-14-8-7-12-4-1-2-5-13(12)10-14/h1-10H,11H2,(H2,21,26)(H,22,24)(H,23,25). The first-order chi connectivity index (χ1) is 13.6. The fraction of sp³-hybridized carbons (Fsp3) is 0.0500. The van der Waals surface area contributed by atoms with Crippen LogP contribution in [0.2, 0.25) is 0 Å². The first-order valence-electron chi connectivity index (χ1n) is 8.47. The van der Waals surface area contributed by atoms with Gasteiger partial charge >= 0.3 is 0 Å². The summed E-state index contributed by atoms with van der Waals surface area (Å²) in [6.45, 7) is 0. The monoisotopic (exact) mass is 408 g/mol. The lowest BCUT2D eigenvalue weighted by Crippen LogP contribution is -2.18. The van der Waals surface area contributed by atoms with Crippen molar-refractivity contribution in [3.63, 3.8) is 0 Å². The van der Waals surface area contributed by atoms with E-state index in [1.807, 2.05) is 60.0 Å². The maximum atomic E-state index is 12.3. The Kier molecular flexibility index (Phi) is 5.05. The molecule has 0 aliphatic rings. The van der Waals surface area contributed by atoms with Crippen LogP contribution in [0.4, 0.5) is 15.8 Å². The Hall–Kier alpha value is -3.23. The molecule has 8 heteroatoms. The molecule has 0 atom stereocenters. The molecule has 2 amide bonds. The topological polar surface area (TPSA) is 97.1 Å². The SMILES string of the molecule is NC(=O)c1nc(Nc2ccc3ccccc3c2)sc1NC(=O)Cc1cccs1. The van der Waals surface area contributed by atoms with Crippen LogP contribution < -0.4 is 16.4 Å². The van der Waals surface area contributed by atoms with Crippen LogP contribution in [0.5, 0.6) is 0 Å². The minimum absolute atomic E-state index is 0.0489. The molecule has 0 unspecified atom stereocenters. The summed E-state index contributed by atoms with van der Waals surface area (Å²) in [5.74, 6) is -0.903. The van der Waals surface area contributed by atoms with E-state index in [-0.39, 0.29) is 18.0 Å². The molecule has 6 nitrogen and oxygen atoms in total. The Morgan fingerprint density at radius 2 is 1.86 bits per heavy atom. The van der Waals surface area contributed by atoms with Gasteiger partial charge in [0.25, 0.3) is 5.91 Å². The number of benzene rings is 2. The van der Waals surface area contributed by atoms with Crippen molar-refractivity contribution < 1.29 is 9.59 Å². The lowest BCUT2D eigenvalue weighted by Gasteiger charge is -2.04. The predicted octanol–water partition coefficient (Wildman–Crippen LogP) is 4.38. The maximum Gasteiger partial charge on any atom is 0.270 e. The molecule has 2 aromatic carbocycles. The summed E-state index contributed by atoms with van der Waals surface area (Å²) >= 11 is 2.68. The number of nitrogens with two attached hydrogens (primary N) is 1. The van der Waals surface area contributed by atoms with Gasteiger partial charge < -0.3 is 16.4 Å². The molecule has 0 radical (unpaired) electrons. The molecule has 4 aromatic rings. The molecule has 0 saturated heterocycles. The molecule has 4 rings (SSSR count). The average molecular weight is 409 g/mol. The van der Waals surface area contributed by atoms with Crippen molar-refractivity contribution in [2.45, 2.75) is 6.42 Å². The Morgan fingerprint density at radius 1 is 1.04 bits per heavy atom. The van der Waals surface area contributed by atoms with Gasteiger partial charge in [0, 0.05) is 10.6 Å². The van der Waals surface area contributed by atoms with Gasteiger partial charge in [-0.2, -0.15) is 0 Å². The second-order valence-corrected chi connectivity index (χ2v) is 8.08. The maximum absolute atomic E-state index is 12.3. The van der Waals surface area contributed by atoms with Gasteiger partial charge in [-0.3, -0.25) is 9.59 Å². The fourth-order valence-corrected chi connectivity index (χ4v) is 4.37. The highest BCUT2D eigenvalue weighted by atomic mass is 32.1. The number of aromatic nitrogens is 1. The quantitative estimate of drug-likeness (QED) is 0.441. The number of hydrogen-bond acceptors (Lipinski definition) is 6. The van der Waals surface area contributed by atoms with Crippen molar-refractivity contribution in [3.05, 3.63) is 70.5 Å². The van der Waals surface area contributed by atoms with Crippen molar-refractivity contribution in [1.29, 1.82) is 0 Å². The molecule has 0 bridgehead atoms. The fourth-order valence-electron chi connectivity index (χ4n) is 2.76. The van der Waals surface area contributed by atoms with Crippen LogP contribution in [0.1, 0.15) is 15.4 Å². The highest BCUT2D eigenvalue weighted by molar-refractivity contribution is 7.20. The highest BCUT2D eigenvalue weighted by Crippen LogP contribution is 2.31. The van der Waals surface area contributed by atoms with E-state index in [2.05, 4.69) is 15.6 Å². The number of hydrogen-bond donors (Lipinski definition) is 3. The second kappa shape index (κ2) is 7.79. The number of carbonyl (C=O) groups is 2. The van der Waals surface area contributed by atoms with E-state index < -0.39 is 5.91 Å². The summed E-state index contributed by atoms with van der Waals surface area (Å²) in [6, 6.07) is 17.7. The number of anilines is 3. The van der Waals surface area contributed by atoms with E-state index >= 15 is 0 Å². The number of thiazole rings is 1. The molecule has 140 valence electrons. The van der Waals surface area contributed by atoms with Crippen LogP contribution in [0.25, 0.3) is 10.8 Å². The van der Waals surface area contributed by atoms with E-state index in [0.717, 1.165) is 21.3 Å². The van der Waals surface area contributed by atoms with Crippen molar-refractivity contribution in [2.24, 2.45) is 5.73 Å². The van der Waals surface area contributed by atoms with Crippen LogP contribution in [-0.4, -0.2) is 16.8 Å². The van der Waals surface area contributed by atoms with Gasteiger partial charge in [-0.25, -0.2) is 4.98 Å². The molecule has 0 spiro atoms. The van der Waals surface area contributed by atoms with Crippen LogP contribution in [0, 0.1) is 0 Å². The zero-order chi connectivity index (χ0) is 19.5. The molecular weight excluding hydrogens is 392 g/mol. The molecule has 4 N–H and O–H groups in total. The third-order valence-corrected chi connectivity index (χ3v) is 5.79. The van der Waals surface area contributed by atoms with Crippen LogP contribution in [0.3, 0.4) is 0 Å². The molecule has 28 heavy (non-hydrogen) atoms. The zero-order valence-electron chi connectivity index (χ0n) is 14.6. The van der Waals surface area contributed by atoms with E-state index in [9.17, 15) is 9.59 Å². The minimum atomic E-state index is -0.686. The predicted molar refractivity (Wildman–Crippen MR) is 115 cm³/mol. The zero-order valence-corrected chi connectivity index (χ0v) is 16.3. The van der Waals surface area contributed by atoms with Crippen molar-refractivity contribution in [1.82, 2.24) is 4.98 Å². The Morgan fingerprint density at radius 3 is 2.61 bits per heavy atom. The summed E-state index contributed by atoms with van der Waals surface area (Å²) < 4.78 is 0. The first kappa shape index (κ1) is 18.1. The third-order valence-electron chi connectivity index (χ3n) is 4.03. The van der Waals surface area contributed by atoms with Crippen LogP contribution in [-0.2, 0) is 11.2 Å². The van der Waals surface area contributed by atoms with Crippen molar-refractivity contribution in [3.8, 4) is 0 Å². The lowest BCUT2D eigenvalue weighted by atomic mass is 10.1.